The monoisotopic (exact) mass is 444 g/mol. The van der Waals surface area contributed by atoms with Gasteiger partial charge in [-0.25, -0.2) is 0 Å². The van der Waals surface area contributed by atoms with Gasteiger partial charge in [0, 0.05) is 21.8 Å². The lowest BCUT2D eigenvalue weighted by Crippen LogP contribution is -2.07. The van der Waals surface area contributed by atoms with Gasteiger partial charge >= 0.3 is 0 Å². The molecule has 0 atom stereocenters. The molecule has 0 spiro atoms. The number of benzene rings is 1. The molecule has 0 radical (unpaired) electrons. The molecule has 0 saturated heterocycles. The summed E-state index contributed by atoms with van der Waals surface area (Å²) in [7, 11) is -2.27. The zero-order valence-corrected chi connectivity index (χ0v) is 15.6. The van der Waals surface area contributed by atoms with Crippen LogP contribution in [0.3, 0.4) is 0 Å². The Kier molecular flexibility index (Phi) is 8.00. The summed E-state index contributed by atoms with van der Waals surface area (Å²) >= 11 is 6.81. The van der Waals surface area contributed by atoms with Crippen molar-refractivity contribution in [2.75, 3.05) is 19.5 Å². The third kappa shape index (κ3) is 6.54. The molecule has 0 aromatic heterocycles. The number of methoxy groups -OCH3 is 1. The van der Waals surface area contributed by atoms with Crippen molar-refractivity contribution in [2.45, 2.75) is 23.5 Å². The van der Waals surface area contributed by atoms with Gasteiger partial charge in [-0.2, -0.15) is 8.42 Å². The first-order chi connectivity index (χ1) is 9.91. The zero-order chi connectivity index (χ0) is 15.9. The minimum atomic E-state index is -3.89. The van der Waals surface area contributed by atoms with Crippen LogP contribution in [0.4, 0.5) is 0 Å². The van der Waals surface area contributed by atoms with Crippen molar-refractivity contribution in [2.24, 2.45) is 0 Å². The van der Waals surface area contributed by atoms with Gasteiger partial charge < -0.3 is 9.47 Å². The lowest BCUT2D eigenvalue weighted by molar-refractivity contribution is 0.305. The number of hydrogen-bond acceptors (Lipinski definition) is 4. The zero-order valence-electron chi connectivity index (χ0n) is 11.6. The first-order valence-corrected chi connectivity index (χ1v) is 10.2. The van der Waals surface area contributed by atoms with Crippen LogP contribution in [0.15, 0.2) is 12.1 Å². The highest BCUT2D eigenvalue weighted by Gasteiger charge is 2.11. The van der Waals surface area contributed by atoms with Crippen molar-refractivity contribution in [3.8, 4) is 11.5 Å². The molecular formula is C13H18Br2O5S. The molecule has 0 aliphatic carbocycles. The quantitative estimate of drug-likeness (QED) is 0.357. The number of unbranched alkanes of at least 4 members (excludes halogenated alkanes) is 1. The van der Waals surface area contributed by atoms with E-state index in [2.05, 4.69) is 31.9 Å². The predicted molar refractivity (Wildman–Crippen MR) is 89.4 cm³/mol. The largest absolute Gasteiger partial charge is 0.496 e. The number of halogens is 2. The molecular weight excluding hydrogens is 428 g/mol. The van der Waals surface area contributed by atoms with Crippen LogP contribution in [0.1, 0.15) is 24.0 Å². The first kappa shape index (κ1) is 18.7. The van der Waals surface area contributed by atoms with Crippen LogP contribution in [-0.2, 0) is 20.8 Å². The maximum absolute atomic E-state index is 10.6. The molecule has 8 heteroatoms. The Morgan fingerprint density at radius 3 is 2.19 bits per heavy atom. The summed E-state index contributed by atoms with van der Waals surface area (Å²) < 4.78 is 40.9. The average molecular weight is 446 g/mol. The molecule has 0 aliphatic rings. The molecule has 120 valence electrons. The Bertz CT molecular complexity index is 560. The summed E-state index contributed by atoms with van der Waals surface area (Å²) in [5, 5.41) is 1.28. The fourth-order valence-corrected chi connectivity index (χ4v) is 3.19. The van der Waals surface area contributed by atoms with E-state index in [4.69, 9.17) is 14.0 Å². The van der Waals surface area contributed by atoms with Gasteiger partial charge in [-0.1, -0.05) is 31.9 Å². The Morgan fingerprint density at radius 1 is 1.10 bits per heavy atom. The van der Waals surface area contributed by atoms with E-state index in [1.54, 1.807) is 7.11 Å². The SMILES string of the molecule is COc1cc(CBr)c(OCCCCS(=O)(=O)O)cc1CBr. The lowest BCUT2D eigenvalue weighted by atomic mass is 10.1. The number of rotatable bonds is 9. The van der Waals surface area contributed by atoms with E-state index in [0.717, 1.165) is 22.6 Å². The molecule has 0 amide bonds. The van der Waals surface area contributed by atoms with Crippen molar-refractivity contribution in [3.63, 3.8) is 0 Å². The maximum atomic E-state index is 10.6. The van der Waals surface area contributed by atoms with Crippen LogP contribution in [0.5, 0.6) is 11.5 Å². The topological polar surface area (TPSA) is 72.8 Å². The van der Waals surface area contributed by atoms with Crippen molar-refractivity contribution in [1.82, 2.24) is 0 Å². The van der Waals surface area contributed by atoms with E-state index < -0.39 is 10.1 Å². The molecule has 21 heavy (non-hydrogen) atoms. The molecule has 0 heterocycles. The second-order valence-electron chi connectivity index (χ2n) is 4.38. The van der Waals surface area contributed by atoms with Crippen molar-refractivity contribution < 1.29 is 22.4 Å². The summed E-state index contributed by atoms with van der Waals surface area (Å²) in [5.41, 5.74) is 1.95. The third-order valence-electron chi connectivity index (χ3n) is 2.81. The normalized spacial score (nSPS) is 11.4. The van der Waals surface area contributed by atoms with Gasteiger partial charge in [-0.05, 0) is 25.0 Å². The van der Waals surface area contributed by atoms with Crippen LogP contribution in [0.2, 0.25) is 0 Å². The standard InChI is InChI=1S/C13H18Br2O5S/c1-19-12-6-11(9-15)13(7-10(12)8-14)20-4-2-3-5-21(16,17)18/h6-7H,2-5,8-9H2,1H3,(H,16,17,18). The van der Waals surface area contributed by atoms with E-state index in [0.29, 0.717) is 30.1 Å². The van der Waals surface area contributed by atoms with E-state index in [1.807, 2.05) is 12.1 Å². The van der Waals surface area contributed by atoms with E-state index in [-0.39, 0.29) is 5.75 Å². The Balaban J connectivity index is 2.65. The maximum Gasteiger partial charge on any atom is 0.264 e. The molecule has 1 aromatic carbocycles. The number of alkyl halides is 2. The summed E-state index contributed by atoms with van der Waals surface area (Å²) in [5.74, 6) is 1.30. The van der Waals surface area contributed by atoms with Gasteiger partial charge in [0.15, 0.2) is 0 Å². The molecule has 1 N–H and O–H groups in total. The van der Waals surface area contributed by atoms with E-state index in [1.165, 1.54) is 0 Å². The third-order valence-corrected chi connectivity index (χ3v) is 4.82. The van der Waals surface area contributed by atoms with Gasteiger partial charge in [0.05, 0.1) is 19.5 Å². The lowest BCUT2D eigenvalue weighted by Gasteiger charge is -2.14. The van der Waals surface area contributed by atoms with Crippen molar-refractivity contribution in [1.29, 1.82) is 0 Å². The second-order valence-corrected chi connectivity index (χ2v) is 7.07. The van der Waals surface area contributed by atoms with Gasteiger partial charge in [0.25, 0.3) is 10.1 Å². The summed E-state index contributed by atoms with van der Waals surface area (Å²) in [4.78, 5) is 0. The minimum absolute atomic E-state index is 0.239. The van der Waals surface area contributed by atoms with Crippen LogP contribution in [0, 0.1) is 0 Å². The first-order valence-electron chi connectivity index (χ1n) is 6.31. The Hall–Kier alpha value is -0.310. The molecule has 0 unspecified atom stereocenters. The van der Waals surface area contributed by atoms with Gasteiger partial charge in [0.1, 0.15) is 11.5 Å². The Morgan fingerprint density at radius 2 is 1.67 bits per heavy atom. The van der Waals surface area contributed by atoms with Gasteiger partial charge in [-0.3, -0.25) is 4.55 Å². The number of ether oxygens (including phenoxy) is 2. The fraction of sp³-hybridized carbons (Fsp3) is 0.538. The summed E-state index contributed by atoms with van der Waals surface area (Å²) in [6, 6.07) is 3.83. The van der Waals surface area contributed by atoms with Crippen LogP contribution in [0.25, 0.3) is 0 Å². The summed E-state index contributed by atoms with van der Waals surface area (Å²) in [6.07, 6.45) is 0.918. The smallest absolute Gasteiger partial charge is 0.264 e. The molecule has 0 fully saturated rings. The van der Waals surface area contributed by atoms with E-state index in [9.17, 15) is 8.42 Å². The van der Waals surface area contributed by atoms with Gasteiger partial charge in [-0.15, -0.1) is 0 Å². The van der Waals surface area contributed by atoms with E-state index >= 15 is 0 Å². The van der Waals surface area contributed by atoms with Crippen LogP contribution >= 0.6 is 31.9 Å². The summed E-state index contributed by atoms with van der Waals surface area (Å²) in [6.45, 7) is 0.392. The van der Waals surface area contributed by atoms with Gasteiger partial charge in [0.2, 0.25) is 0 Å². The molecule has 1 aromatic rings. The molecule has 0 aliphatic heterocycles. The highest BCUT2D eigenvalue weighted by Crippen LogP contribution is 2.31. The minimum Gasteiger partial charge on any atom is -0.496 e. The van der Waals surface area contributed by atoms with Crippen molar-refractivity contribution in [3.05, 3.63) is 23.3 Å². The molecule has 0 saturated carbocycles. The predicted octanol–water partition coefficient (Wildman–Crippen LogP) is 3.53. The highest BCUT2D eigenvalue weighted by atomic mass is 79.9. The Labute approximate surface area is 142 Å². The number of hydrogen-bond donors (Lipinski definition) is 1. The highest BCUT2D eigenvalue weighted by molar-refractivity contribution is 9.08. The fourth-order valence-electron chi connectivity index (χ4n) is 1.75. The average Bonchev–Trinajstić information content (AvgIpc) is 2.44. The molecule has 0 bridgehead atoms. The van der Waals surface area contributed by atoms with Crippen LogP contribution < -0.4 is 9.47 Å². The second kappa shape index (κ2) is 8.97. The van der Waals surface area contributed by atoms with Crippen LogP contribution in [-0.4, -0.2) is 32.4 Å². The molecule has 1 rings (SSSR count). The van der Waals surface area contributed by atoms with Crippen molar-refractivity contribution >= 4 is 42.0 Å². The molecule has 5 nitrogen and oxygen atoms in total.